The molecule has 0 aromatic carbocycles. The Labute approximate surface area is 83.5 Å². The predicted molar refractivity (Wildman–Crippen MR) is 52.8 cm³/mol. The fraction of sp³-hybridized carbons (Fsp3) is 0.545. The molecule has 0 bridgehead atoms. The van der Waals surface area contributed by atoms with Crippen molar-refractivity contribution in [2.75, 3.05) is 13.1 Å². The normalized spacial score (nSPS) is 23.7. The molecule has 2 aliphatic rings. The van der Waals surface area contributed by atoms with E-state index in [2.05, 4.69) is 16.4 Å². The zero-order valence-electron chi connectivity index (χ0n) is 8.12. The predicted octanol–water partition coefficient (Wildman–Crippen LogP) is 1.19. The van der Waals surface area contributed by atoms with Crippen molar-refractivity contribution in [3.05, 3.63) is 29.6 Å². The Hall–Kier alpha value is -0.930. The van der Waals surface area contributed by atoms with Gasteiger partial charge in [-0.3, -0.25) is 4.98 Å². The molecule has 0 aliphatic carbocycles. The van der Waals surface area contributed by atoms with Gasteiger partial charge in [-0.25, -0.2) is 0 Å². The molecule has 0 saturated carbocycles. The van der Waals surface area contributed by atoms with Crippen LogP contribution in [-0.4, -0.2) is 18.1 Å². The molecule has 1 aromatic rings. The fourth-order valence-corrected chi connectivity index (χ4v) is 2.46. The van der Waals surface area contributed by atoms with Gasteiger partial charge in [0.1, 0.15) is 5.60 Å². The third-order valence-electron chi connectivity index (χ3n) is 3.24. The smallest absolute Gasteiger partial charge is 0.113 e. The summed E-state index contributed by atoms with van der Waals surface area (Å²) in [5, 5.41) is 3.36. The van der Waals surface area contributed by atoms with Crippen molar-refractivity contribution in [2.45, 2.75) is 25.0 Å². The van der Waals surface area contributed by atoms with Gasteiger partial charge < -0.3 is 10.1 Å². The lowest BCUT2D eigenvalue weighted by Gasteiger charge is -2.32. The summed E-state index contributed by atoms with van der Waals surface area (Å²) in [6.07, 6.45) is 3.98. The lowest BCUT2D eigenvalue weighted by atomic mass is 9.88. The Kier molecular flexibility index (Phi) is 1.82. The molecule has 0 atom stereocenters. The highest BCUT2D eigenvalue weighted by Gasteiger charge is 2.41. The number of hydrogen-bond acceptors (Lipinski definition) is 3. The van der Waals surface area contributed by atoms with Crippen LogP contribution >= 0.6 is 0 Å². The van der Waals surface area contributed by atoms with Gasteiger partial charge in [-0.1, -0.05) is 6.07 Å². The second-order valence-electron chi connectivity index (χ2n) is 4.04. The maximum Gasteiger partial charge on any atom is 0.113 e. The second kappa shape index (κ2) is 3.04. The molecule has 1 spiro atoms. The SMILES string of the molecule is c1cnc2c(c1)COC21CCNCC1. The summed E-state index contributed by atoms with van der Waals surface area (Å²) in [5.41, 5.74) is 2.39. The van der Waals surface area contributed by atoms with Crippen molar-refractivity contribution in [3.8, 4) is 0 Å². The van der Waals surface area contributed by atoms with Crippen LogP contribution in [0, 0.1) is 0 Å². The number of rotatable bonds is 0. The van der Waals surface area contributed by atoms with Gasteiger partial charge in [-0.15, -0.1) is 0 Å². The van der Waals surface area contributed by atoms with Gasteiger partial charge in [0.25, 0.3) is 0 Å². The van der Waals surface area contributed by atoms with Crippen LogP contribution in [-0.2, 0) is 16.9 Å². The van der Waals surface area contributed by atoms with Crippen molar-refractivity contribution in [3.63, 3.8) is 0 Å². The Morgan fingerprint density at radius 2 is 2.21 bits per heavy atom. The molecule has 3 rings (SSSR count). The fourth-order valence-electron chi connectivity index (χ4n) is 2.46. The van der Waals surface area contributed by atoms with Crippen LogP contribution in [0.4, 0.5) is 0 Å². The van der Waals surface area contributed by atoms with E-state index in [1.807, 2.05) is 12.3 Å². The van der Waals surface area contributed by atoms with E-state index in [0.717, 1.165) is 32.5 Å². The average Bonchev–Trinajstić information content (AvgIpc) is 2.60. The number of piperidine rings is 1. The number of aromatic nitrogens is 1. The summed E-state index contributed by atoms with van der Waals surface area (Å²) in [7, 11) is 0. The summed E-state index contributed by atoms with van der Waals surface area (Å²) in [6, 6.07) is 4.11. The second-order valence-corrected chi connectivity index (χ2v) is 4.04. The van der Waals surface area contributed by atoms with Gasteiger partial charge in [0.2, 0.25) is 0 Å². The maximum atomic E-state index is 5.95. The highest BCUT2D eigenvalue weighted by molar-refractivity contribution is 5.29. The molecule has 0 unspecified atom stereocenters. The monoisotopic (exact) mass is 190 g/mol. The number of fused-ring (bicyclic) bond motifs is 2. The van der Waals surface area contributed by atoms with E-state index in [1.54, 1.807) is 0 Å². The quantitative estimate of drug-likeness (QED) is 0.667. The van der Waals surface area contributed by atoms with Crippen molar-refractivity contribution in [1.82, 2.24) is 10.3 Å². The van der Waals surface area contributed by atoms with E-state index in [9.17, 15) is 0 Å². The van der Waals surface area contributed by atoms with Gasteiger partial charge in [0.05, 0.1) is 12.3 Å². The molecule has 3 nitrogen and oxygen atoms in total. The number of nitrogens with zero attached hydrogens (tertiary/aromatic N) is 1. The first-order chi connectivity index (χ1) is 6.91. The van der Waals surface area contributed by atoms with Gasteiger partial charge in [-0.05, 0) is 32.0 Å². The Morgan fingerprint density at radius 3 is 3.07 bits per heavy atom. The van der Waals surface area contributed by atoms with E-state index in [1.165, 1.54) is 11.3 Å². The third-order valence-corrected chi connectivity index (χ3v) is 3.24. The maximum absolute atomic E-state index is 5.95. The van der Waals surface area contributed by atoms with Crippen LogP contribution in [0.1, 0.15) is 24.1 Å². The molecule has 0 radical (unpaired) electrons. The summed E-state index contributed by atoms with van der Waals surface area (Å²) < 4.78 is 5.95. The summed E-state index contributed by atoms with van der Waals surface area (Å²) in [6.45, 7) is 2.81. The molecule has 14 heavy (non-hydrogen) atoms. The third kappa shape index (κ3) is 1.09. The molecule has 2 aliphatic heterocycles. The van der Waals surface area contributed by atoms with Crippen molar-refractivity contribution in [2.24, 2.45) is 0 Å². The Bertz CT molecular complexity index is 339. The van der Waals surface area contributed by atoms with E-state index in [4.69, 9.17) is 4.74 Å². The molecule has 3 heterocycles. The average molecular weight is 190 g/mol. The molecule has 1 fully saturated rings. The zero-order valence-corrected chi connectivity index (χ0v) is 8.12. The molecule has 74 valence electrons. The Balaban J connectivity index is 2.03. The molecular formula is C11H14N2O. The van der Waals surface area contributed by atoms with Gasteiger partial charge in [0.15, 0.2) is 0 Å². The van der Waals surface area contributed by atoms with E-state index in [-0.39, 0.29) is 5.60 Å². The number of hydrogen-bond donors (Lipinski definition) is 1. The van der Waals surface area contributed by atoms with Crippen LogP contribution in [0.3, 0.4) is 0 Å². The largest absolute Gasteiger partial charge is 0.364 e. The molecule has 1 aromatic heterocycles. The molecule has 3 heteroatoms. The first-order valence-corrected chi connectivity index (χ1v) is 5.20. The highest BCUT2D eigenvalue weighted by Crippen LogP contribution is 2.41. The van der Waals surface area contributed by atoms with E-state index < -0.39 is 0 Å². The standard InChI is InChI=1S/C11H14N2O/c1-2-9-8-14-11(10(9)13-5-1)3-6-12-7-4-11/h1-2,5,12H,3-4,6-8H2. The molecular weight excluding hydrogens is 176 g/mol. The minimum atomic E-state index is -0.0676. The van der Waals surface area contributed by atoms with Crippen molar-refractivity contribution < 1.29 is 4.74 Å². The molecule has 1 saturated heterocycles. The minimum Gasteiger partial charge on any atom is -0.364 e. The molecule has 1 N–H and O–H groups in total. The topological polar surface area (TPSA) is 34.1 Å². The first-order valence-electron chi connectivity index (χ1n) is 5.20. The van der Waals surface area contributed by atoms with Gasteiger partial charge in [0, 0.05) is 11.8 Å². The van der Waals surface area contributed by atoms with E-state index >= 15 is 0 Å². The summed E-state index contributed by atoms with van der Waals surface area (Å²) in [4.78, 5) is 4.48. The lowest BCUT2D eigenvalue weighted by molar-refractivity contribution is -0.0611. The van der Waals surface area contributed by atoms with Crippen LogP contribution in [0.25, 0.3) is 0 Å². The minimum absolute atomic E-state index is 0.0676. The number of pyridine rings is 1. The van der Waals surface area contributed by atoms with Crippen LogP contribution in [0.15, 0.2) is 18.3 Å². The Morgan fingerprint density at radius 1 is 1.36 bits per heavy atom. The first kappa shape index (κ1) is 8.38. The number of nitrogens with one attached hydrogen (secondary N) is 1. The zero-order chi connectivity index (χ0) is 9.43. The summed E-state index contributed by atoms with van der Waals surface area (Å²) in [5.74, 6) is 0. The van der Waals surface area contributed by atoms with Crippen LogP contribution in [0.5, 0.6) is 0 Å². The van der Waals surface area contributed by atoms with Crippen LogP contribution in [0.2, 0.25) is 0 Å². The number of ether oxygens (including phenoxy) is 1. The van der Waals surface area contributed by atoms with Crippen molar-refractivity contribution in [1.29, 1.82) is 0 Å². The van der Waals surface area contributed by atoms with Gasteiger partial charge in [-0.2, -0.15) is 0 Å². The van der Waals surface area contributed by atoms with Gasteiger partial charge >= 0.3 is 0 Å². The lowest BCUT2D eigenvalue weighted by Crippen LogP contribution is -2.40. The molecule has 0 amide bonds. The summed E-state index contributed by atoms with van der Waals surface area (Å²) >= 11 is 0. The van der Waals surface area contributed by atoms with E-state index in [0.29, 0.717) is 0 Å². The highest BCUT2D eigenvalue weighted by atomic mass is 16.5. The van der Waals surface area contributed by atoms with Crippen molar-refractivity contribution >= 4 is 0 Å². The van der Waals surface area contributed by atoms with Crippen LogP contribution < -0.4 is 5.32 Å².